The van der Waals surface area contributed by atoms with Gasteiger partial charge >= 0.3 is 0 Å². The van der Waals surface area contributed by atoms with E-state index >= 15 is 0 Å². The van der Waals surface area contributed by atoms with Crippen molar-refractivity contribution in [1.82, 2.24) is 9.97 Å². The van der Waals surface area contributed by atoms with E-state index in [0.717, 1.165) is 26.9 Å². The molecular weight excluding hydrogens is 378 g/mol. The molecule has 0 saturated heterocycles. The van der Waals surface area contributed by atoms with Crippen LogP contribution >= 0.6 is 11.3 Å². The second-order valence-corrected chi connectivity index (χ2v) is 7.96. The Labute approximate surface area is 174 Å². The Morgan fingerprint density at radius 2 is 1.93 bits per heavy atom. The number of thiazole rings is 1. The van der Waals surface area contributed by atoms with Crippen molar-refractivity contribution in [2.75, 3.05) is 4.90 Å². The molecule has 2 heterocycles. The predicted molar refractivity (Wildman–Crippen MR) is 120 cm³/mol. The van der Waals surface area contributed by atoms with Gasteiger partial charge in [0.15, 0.2) is 5.13 Å². The van der Waals surface area contributed by atoms with Crippen molar-refractivity contribution in [2.24, 2.45) is 0 Å². The number of carbonyl (C=O) groups is 1. The molecule has 0 aliphatic carbocycles. The minimum Gasteiger partial charge on any atom is -0.280 e. The zero-order valence-corrected chi connectivity index (χ0v) is 17.2. The second kappa shape index (κ2) is 8.37. The summed E-state index contributed by atoms with van der Waals surface area (Å²) < 4.78 is 1.09. The Bertz CT molecular complexity index is 1170. The van der Waals surface area contributed by atoms with Crippen molar-refractivity contribution in [3.05, 3.63) is 95.3 Å². The molecule has 0 fully saturated rings. The summed E-state index contributed by atoms with van der Waals surface area (Å²) in [6.45, 7) is 4.55. The van der Waals surface area contributed by atoms with Crippen LogP contribution in [0.25, 0.3) is 16.3 Å². The SMILES string of the molecule is Cc1cc(C)c2nc(N(Cc3cccnc3)C(=O)/C=C/c3ccccc3)sc2c1. The summed E-state index contributed by atoms with van der Waals surface area (Å²) in [7, 11) is 0. The van der Waals surface area contributed by atoms with E-state index in [2.05, 4.69) is 31.0 Å². The first-order valence-electron chi connectivity index (χ1n) is 9.41. The van der Waals surface area contributed by atoms with Crippen LogP contribution in [0.2, 0.25) is 0 Å². The van der Waals surface area contributed by atoms with Gasteiger partial charge in [-0.15, -0.1) is 0 Å². The van der Waals surface area contributed by atoms with Crippen molar-refractivity contribution >= 4 is 38.7 Å². The largest absolute Gasteiger partial charge is 0.280 e. The van der Waals surface area contributed by atoms with Crippen LogP contribution in [0.3, 0.4) is 0 Å². The maximum atomic E-state index is 13.1. The van der Waals surface area contributed by atoms with E-state index in [-0.39, 0.29) is 5.91 Å². The van der Waals surface area contributed by atoms with Gasteiger partial charge in [0.1, 0.15) is 0 Å². The molecular formula is C24H21N3OS. The van der Waals surface area contributed by atoms with Crippen LogP contribution in [0.5, 0.6) is 0 Å². The Morgan fingerprint density at radius 1 is 1.10 bits per heavy atom. The molecule has 0 bridgehead atoms. The molecule has 0 spiro atoms. The van der Waals surface area contributed by atoms with Crippen LogP contribution in [0.15, 0.2) is 73.1 Å². The highest BCUT2D eigenvalue weighted by Crippen LogP contribution is 2.32. The molecule has 1 amide bonds. The molecule has 2 aromatic heterocycles. The summed E-state index contributed by atoms with van der Waals surface area (Å²) in [5.41, 5.74) is 5.21. The molecule has 4 rings (SSSR count). The van der Waals surface area contributed by atoms with Gasteiger partial charge in [-0.05, 0) is 54.3 Å². The number of aromatic nitrogens is 2. The first kappa shape index (κ1) is 19.0. The molecule has 144 valence electrons. The molecule has 2 aromatic carbocycles. The fourth-order valence-electron chi connectivity index (χ4n) is 3.21. The van der Waals surface area contributed by atoms with Gasteiger partial charge in [-0.2, -0.15) is 0 Å². The third-order valence-corrected chi connectivity index (χ3v) is 5.62. The van der Waals surface area contributed by atoms with Crippen LogP contribution in [0.1, 0.15) is 22.3 Å². The molecule has 0 unspecified atom stereocenters. The number of rotatable bonds is 5. The number of carbonyl (C=O) groups excluding carboxylic acids is 1. The van der Waals surface area contributed by atoms with E-state index in [4.69, 9.17) is 4.98 Å². The minimum absolute atomic E-state index is 0.105. The van der Waals surface area contributed by atoms with E-state index in [1.807, 2.05) is 48.5 Å². The Hall–Kier alpha value is -3.31. The highest BCUT2D eigenvalue weighted by atomic mass is 32.1. The molecule has 0 radical (unpaired) electrons. The topological polar surface area (TPSA) is 46.1 Å². The monoisotopic (exact) mass is 399 g/mol. The summed E-state index contributed by atoms with van der Waals surface area (Å²) in [5, 5.41) is 0.695. The number of fused-ring (bicyclic) bond motifs is 1. The van der Waals surface area contributed by atoms with Gasteiger partial charge in [-0.25, -0.2) is 4.98 Å². The standard InChI is InChI=1S/C24H21N3OS/c1-17-13-18(2)23-21(14-17)29-24(26-23)27(16-20-9-6-12-25-15-20)22(28)11-10-19-7-4-3-5-8-19/h3-15H,16H2,1-2H3/b11-10+. The maximum absolute atomic E-state index is 13.1. The van der Waals surface area contributed by atoms with E-state index in [9.17, 15) is 4.79 Å². The lowest BCUT2D eigenvalue weighted by molar-refractivity contribution is -0.114. The smallest absolute Gasteiger partial charge is 0.253 e. The average molecular weight is 400 g/mol. The van der Waals surface area contributed by atoms with Crippen LogP contribution in [0, 0.1) is 13.8 Å². The summed E-state index contributed by atoms with van der Waals surface area (Å²) in [6.07, 6.45) is 6.95. The molecule has 5 heteroatoms. The fourth-order valence-corrected chi connectivity index (χ4v) is 4.36. The van der Waals surface area contributed by atoms with Gasteiger partial charge in [-0.3, -0.25) is 14.7 Å². The molecule has 0 atom stereocenters. The Kier molecular flexibility index (Phi) is 5.49. The molecule has 29 heavy (non-hydrogen) atoms. The molecule has 0 saturated carbocycles. The molecule has 4 aromatic rings. The quantitative estimate of drug-likeness (QED) is 0.413. The molecule has 4 nitrogen and oxygen atoms in total. The first-order chi connectivity index (χ1) is 14.1. The zero-order chi connectivity index (χ0) is 20.2. The van der Waals surface area contributed by atoms with Gasteiger partial charge in [0.2, 0.25) is 0 Å². The summed E-state index contributed by atoms with van der Waals surface area (Å²) >= 11 is 1.54. The summed E-state index contributed by atoms with van der Waals surface area (Å²) in [4.78, 5) is 23.8. The number of hydrogen-bond donors (Lipinski definition) is 0. The molecule has 0 N–H and O–H groups in total. The number of anilines is 1. The van der Waals surface area contributed by atoms with Crippen molar-refractivity contribution in [2.45, 2.75) is 20.4 Å². The summed E-state index contributed by atoms with van der Waals surface area (Å²) in [5.74, 6) is -0.105. The number of amides is 1. The third kappa shape index (κ3) is 4.41. The zero-order valence-electron chi connectivity index (χ0n) is 16.4. The van der Waals surface area contributed by atoms with E-state index in [0.29, 0.717) is 11.7 Å². The lowest BCUT2D eigenvalue weighted by Gasteiger charge is -2.18. The molecule has 0 aliphatic heterocycles. The van der Waals surface area contributed by atoms with Crippen molar-refractivity contribution in [3.63, 3.8) is 0 Å². The van der Waals surface area contributed by atoms with Crippen molar-refractivity contribution < 1.29 is 4.79 Å². The number of aryl methyl sites for hydroxylation is 2. The lowest BCUT2D eigenvalue weighted by Crippen LogP contribution is -2.28. The number of pyridine rings is 1. The number of hydrogen-bond acceptors (Lipinski definition) is 4. The van der Waals surface area contributed by atoms with Crippen molar-refractivity contribution in [1.29, 1.82) is 0 Å². The summed E-state index contributed by atoms with van der Waals surface area (Å²) in [6, 6.07) is 17.9. The van der Waals surface area contributed by atoms with Gasteiger partial charge in [0, 0.05) is 18.5 Å². The first-order valence-corrected chi connectivity index (χ1v) is 10.2. The van der Waals surface area contributed by atoms with Gasteiger partial charge < -0.3 is 0 Å². The van der Waals surface area contributed by atoms with Gasteiger partial charge in [0.25, 0.3) is 5.91 Å². The van der Waals surface area contributed by atoms with Crippen LogP contribution in [0.4, 0.5) is 5.13 Å². The Balaban J connectivity index is 1.71. The van der Waals surface area contributed by atoms with E-state index in [1.165, 1.54) is 5.56 Å². The van der Waals surface area contributed by atoms with Gasteiger partial charge in [0.05, 0.1) is 16.8 Å². The third-order valence-electron chi connectivity index (χ3n) is 4.60. The second-order valence-electron chi connectivity index (χ2n) is 6.95. The van der Waals surface area contributed by atoms with E-state index in [1.54, 1.807) is 34.7 Å². The van der Waals surface area contributed by atoms with Crippen LogP contribution < -0.4 is 4.90 Å². The van der Waals surface area contributed by atoms with Crippen LogP contribution in [-0.2, 0) is 11.3 Å². The average Bonchev–Trinajstić information content (AvgIpc) is 3.16. The lowest BCUT2D eigenvalue weighted by atomic mass is 10.1. The fraction of sp³-hybridized carbons (Fsp3) is 0.125. The normalized spacial score (nSPS) is 11.2. The van der Waals surface area contributed by atoms with Crippen LogP contribution in [-0.4, -0.2) is 15.9 Å². The highest BCUT2D eigenvalue weighted by molar-refractivity contribution is 7.22. The number of benzene rings is 2. The predicted octanol–water partition coefficient (Wildman–Crippen LogP) is 5.55. The Morgan fingerprint density at radius 3 is 2.69 bits per heavy atom. The maximum Gasteiger partial charge on any atom is 0.253 e. The van der Waals surface area contributed by atoms with Gasteiger partial charge in [-0.1, -0.05) is 53.8 Å². The van der Waals surface area contributed by atoms with Crippen molar-refractivity contribution in [3.8, 4) is 0 Å². The molecule has 0 aliphatic rings. The number of nitrogens with zero attached hydrogens (tertiary/aromatic N) is 3. The highest BCUT2D eigenvalue weighted by Gasteiger charge is 2.19. The van der Waals surface area contributed by atoms with E-state index < -0.39 is 0 Å². The minimum atomic E-state index is -0.105.